The first kappa shape index (κ1) is 19.3. The number of hydrogen-bond acceptors (Lipinski definition) is 7. The second kappa shape index (κ2) is 7.50. The minimum atomic E-state index is -3.77. The van der Waals surface area contributed by atoms with E-state index < -0.39 is 20.7 Å². The van der Waals surface area contributed by atoms with E-state index in [1.165, 1.54) is 39.4 Å². The summed E-state index contributed by atoms with van der Waals surface area (Å²) in [6, 6.07) is 7.53. The Morgan fingerprint density at radius 1 is 1.19 bits per heavy atom. The van der Waals surface area contributed by atoms with Gasteiger partial charge in [-0.1, -0.05) is 11.8 Å². The summed E-state index contributed by atoms with van der Waals surface area (Å²) in [6.45, 7) is 0. The Balaban J connectivity index is 2.47. The molecule has 2 aromatic carbocycles. The van der Waals surface area contributed by atoms with Crippen LogP contribution in [0.2, 0.25) is 0 Å². The highest BCUT2D eigenvalue weighted by Gasteiger charge is 2.22. The third-order valence-corrected chi connectivity index (χ3v) is 5.30. The zero-order valence-electron chi connectivity index (χ0n) is 14.2. The fraction of sp³-hybridized carbons (Fsp3) is 0.188. The van der Waals surface area contributed by atoms with Gasteiger partial charge in [-0.25, -0.2) is 12.7 Å². The molecule has 0 unspecified atom stereocenters. The first-order valence-electron chi connectivity index (χ1n) is 7.27. The molecular weight excluding hydrogens is 362 g/mol. The standard InChI is InChI=1S/C16H17N3O6S/c1-18(2)26(23,24)16-9-12(4-7-15(16)25-3)17-10-11-8-13(19(21)22)5-6-14(11)20/h4-10,20H,1-3H3/p-1. The van der Waals surface area contributed by atoms with Crippen molar-refractivity contribution in [3.63, 3.8) is 0 Å². The maximum atomic E-state index is 12.4. The van der Waals surface area contributed by atoms with Crippen LogP contribution in [0.15, 0.2) is 46.3 Å². The molecular formula is C16H16N3O6S-. The Hall–Kier alpha value is -2.98. The van der Waals surface area contributed by atoms with Crippen molar-refractivity contribution in [1.29, 1.82) is 0 Å². The Kier molecular flexibility index (Phi) is 5.58. The fourth-order valence-corrected chi connectivity index (χ4v) is 3.11. The average molecular weight is 378 g/mol. The Labute approximate surface area is 150 Å². The third-order valence-electron chi connectivity index (χ3n) is 3.46. The van der Waals surface area contributed by atoms with Crippen LogP contribution in [0.3, 0.4) is 0 Å². The number of ether oxygens (including phenoxy) is 1. The normalized spacial score (nSPS) is 11.8. The van der Waals surface area contributed by atoms with Gasteiger partial charge < -0.3 is 9.84 Å². The summed E-state index contributed by atoms with van der Waals surface area (Å²) in [5, 5.41) is 22.6. The number of nitro groups is 1. The second-order valence-electron chi connectivity index (χ2n) is 5.36. The minimum Gasteiger partial charge on any atom is -0.872 e. The van der Waals surface area contributed by atoms with Crippen LogP contribution in [0.1, 0.15) is 5.56 Å². The first-order valence-corrected chi connectivity index (χ1v) is 8.71. The number of benzene rings is 2. The molecule has 0 aromatic heterocycles. The van der Waals surface area contributed by atoms with Crippen molar-refractivity contribution < 1.29 is 23.2 Å². The van der Waals surface area contributed by atoms with Crippen LogP contribution < -0.4 is 9.84 Å². The lowest BCUT2D eigenvalue weighted by Crippen LogP contribution is -2.22. The number of sulfonamides is 1. The van der Waals surface area contributed by atoms with Crippen molar-refractivity contribution in [3.05, 3.63) is 52.1 Å². The van der Waals surface area contributed by atoms with Gasteiger partial charge in [0.05, 0.1) is 17.7 Å². The van der Waals surface area contributed by atoms with Crippen LogP contribution in [0.4, 0.5) is 11.4 Å². The molecule has 0 amide bonds. The number of nitro benzene ring substituents is 1. The lowest BCUT2D eigenvalue weighted by atomic mass is 10.2. The molecule has 0 saturated heterocycles. The van der Waals surface area contributed by atoms with Gasteiger partial charge in [0.25, 0.3) is 5.69 Å². The maximum absolute atomic E-state index is 12.4. The van der Waals surface area contributed by atoms with Gasteiger partial charge in [-0.15, -0.1) is 0 Å². The van der Waals surface area contributed by atoms with Crippen molar-refractivity contribution in [2.24, 2.45) is 4.99 Å². The van der Waals surface area contributed by atoms with Gasteiger partial charge >= 0.3 is 0 Å². The van der Waals surface area contributed by atoms with Gasteiger partial charge in [0, 0.05) is 32.4 Å². The van der Waals surface area contributed by atoms with E-state index in [-0.39, 0.29) is 27.6 Å². The lowest BCUT2D eigenvalue weighted by Gasteiger charge is -2.14. The highest BCUT2D eigenvalue weighted by molar-refractivity contribution is 7.89. The predicted molar refractivity (Wildman–Crippen MR) is 93.7 cm³/mol. The van der Waals surface area contributed by atoms with Crippen molar-refractivity contribution in [2.45, 2.75) is 4.90 Å². The Bertz CT molecular complexity index is 970. The number of methoxy groups -OCH3 is 1. The maximum Gasteiger partial charge on any atom is 0.270 e. The summed E-state index contributed by atoms with van der Waals surface area (Å²) >= 11 is 0. The van der Waals surface area contributed by atoms with Crippen LogP contribution in [0.25, 0.3) is 0 Å². The van der Waals surface area contributed by atoms with Crippen LogP contribution in [-0.2, 0) is 10.0 Å². The molecule has 0 saturated carbocycles. The van der Waals surface area contributed by atoms with E-state index >= 15 is 0 Å². The fourth-order valence-electron chi connectivity index (χ4n) is 2.04. The van der Waals surface area contributed by atoms with E-state index in [0.29, 0.717) is 0 Å². The molecule has 138 valence electrons. The van der Waals surface area contributed by atoms with Gasteiger partial charge in [0.15, 0.2) is 0 Å². The topological polar surface area (TPSA) is 125 Å². The highest BCUT2D eigenvalue weighted by Crippen LogP contribution is 2.30. The monoisotopic (exact) mass is 378 g/mol. The van der Waals surface area contributed by atoms with Crippen LogP contribution in [0, 0.1) is 10.1 Å². The largest absolute Gasteiger partial charge is 0.872 e. The molecule has 0 N–H and O–H groups in total. The second-order valence-corrected chi connectivity index (χ2v) is 7.48. The molecule has 0 fully saturated rings. The molecule has 9 nitrogen and oxygen atoms in total. The van der Waals surface area contributed by atoms with E-state index in [1.54, 1.807) is 0 Å². The van der Waals surface area contributed by atoms with Crippen LogP contribution >= 0.6 is 0 Å². The predicted octanol–water partition coefficient (Wildman–Crippen LogP) is 1.68. The SMILES string of the molecule is COc1ccc(N=Cc2cc([N+](=O)[O-])ccc2[O-])cc1S(=O)(=O)N(C)C. The van der Waals surface area contributed by atoms with Gasteiger partial charge in [0.1, 0.15) is 10.6 Å². The molecule has 26 heavy (non-hydrogen) atoms. The zero-order valence-corrected chi connectivity index (χ0v) is 15.1. The van der Waals surface area contributed by atoms with E-state index in [4.69, 9.17) is 4.74 Å². The van der Waals surface area contributed by atoms with E-state index in [0.717, 1.165) is 28.7 Å². The van der Waals surface area contributed by atoms with Crippen LogP contribution in [0.5, 0.6) is 11.5 Å². The summed E-state index contributed by atoms with van der Waals surface area (Å²) in [5.41, 5.74) is 0.0285. The average Bonchev–Trinajstić information content (AvgIpc) is 2.60. The zero-order chi connectivity index (χ0) is 19.5. The molecule has 0 aliphatic heterocycles. The quantitative estimate of drug-likeness (QED) is 0.428. The van der Waals surface area contributed by atoms with E-state index in [9.17, 15) is 23.6 Å². The summed E-state index contributed by atoms with van der Waals surface area (Å²) < 4.78 is 30.9. The van der Waals surface area contributed by atoms with Gasteiger partial charge in [-0.3, -0.25) is 15.1 Å². The van der Waals surface area contributed by atoms with Gasteiger partial charge in [-0.05, 0) is 23.8 Å². The number of non-ortho nitro benzene ring substituents is 1. The molecule has 2 rings (SSSR count). The number of aliphatic imine (C=N–C) groups is 1. The van der Waals surface area contributed by atoms with E-state index in [1.807, 2.05) is 0 Å². The molecule has 0 bridgehead atoms. The smallest absolute Gasteiger partial charge is 0.270 e. The summed E-state index contributed by atoms with van der Waals surface area (Å²) in [5.74, 6) is -0.286. The molecule has 0 aliphatic rings. The van der Waals surface area contributed by atoms with Gasteiger partial charge in [-0.2, -0.15) is 0 Å². The molecule has 10 heteroatoms. The third kappa shape index (κ3) is 3.98. The Morgan fingerprint density at radius 2 is 1.88 bits per heavy atom. The number of rotatable bonds is 6. The van der Waals surface area contributed by atoms with Crippen molar-refractivity contribution in [2.75, 3.05) is 21.2 Å². The van der Waals surface area contributed by atoms with E-state index in [2.05, 4.69) is 4.99 Å². The molecule has 0 aliphatic carbocycles. The summed E-state index contributed by atoms with van der Waals surface area (Å²) in [4.78, 5) is 14.2. The van der Waals surface area contributed by atoms with Crippen molar-refractivity contribution in [3.8, 4) is 11.5 Å². The molecule has 0 spiro atoms. The Morgan fingerprint density at radius 3 is 2.46 bits per heavy atom. The van der Waals surface area contributed by atoms with Crippen LogP contribution in [-0.4, -0.2) is 45.1 Å². The minimum absolute atomic E-state index is 0.0204. The molecule has 0 atom stereocenters. The lowest BCUT2D eigenvalue weighted by molar-refractivity contribution is -0.385. The molecule has 0 radical (unpaired) electrons. The summed E-state index contributed by atoms with van der Waals surface area (Å²) in [6.07, 6.45) is 1.16. The first-order chi connectivity index (χ1) is 12.2. The van der Waals surface area contributed by atoms with Crippen molar-refractivity contribution >= 4 is 27.6 Å². The number of nitrogens with zero attached hydrogens (tertiary/aromatic N) is 3. The van der Waals surface area contributed by atoms with Gasteiger partial charge in [0.2, 0.25) is 10.0 Å². The molecule has 0 heterocycles. The number of hydrogen-bond donors (Lipinski definition) is 0. The molecule has 2 aromatic rings. The van der Waals surface area contributed by atoms with Crippen molar-refractivity contribution in [1.82, 2.24) is 4.31 Å². The highest BCUT2D eigenvalue weighted by atomic mass is 32.2. The summed E-state index contributed by atoms with van der Waals surface area (Å²) in [7, 11) is 0.352.